The van der Waals surface area contributed by atoms with Crippen molar-refractivity contribution in [3.8, 4) is 0 Å². The third-order valence-corrected chi connectivity index (χ3v) is 3.92. The number of Topliss-reactive ketones (excluding diaryl/α,β-unsaturated/α-hetero) is 2. The molecule has 0 aliphatic rings. The van der Waals surface area contributed by atoms with Gasteiger partial charge in [-0.3, -0.25) is 9.59 Å². The molecule has 2 aromatic carbocycles. The van der Waals surface area contributed by atoms with E-state index < -0.39 is 11.2 Å². The molecule has 0 heterocycles. The lowest BCUT2D eigenvalue weighted by Crippen LogP contribution is -2.31. The van der Waals surface area contributed by atoms with Crippen molar-refractivity contribution >= 4 is 11.6 Å². The first-order valence-electron chi connectivity index (χ1n) is 8.21. The highest BCUT2D eigenvalue weighted by atomic mass is 16.3. The number of hydrogen-bond donors (Lipinski definition) is 2. The highest BCUT2D eigenvalue weighted by Crippen LogP contribution is 2.18. The molecule has 25 heavy (non-hydrogen) atoms. The second-order valence-electron chi connectivity index (χ2n) is 7.35. The number of benzene rings is 2. The van der Waals surface area contributed by atoms with Gasteiger partial charge in [0.2, 0.25) is 0 Å². The van der Waals surface area contributed by atoms with Crippen LogP contribution in [0.25, 0.3) is 0 Å². The van der Waals surface area contributed by atoms with Crippen LogP contribution < -0.4 is 0 Å². The third kappa shape index (κ3) is 4.84. The summed E-state index contributed by atoms with van der Waals surface area (Å²) >= 11 is 0. The fourth-order valence-corrected chi connectivity index (χ4v) is 2.54. The van der Waals surface area contributed by atoms with Gasteiger partial charge in [0.05, 0.1) is 0 Å². The van der Waals surface area contributed by atoms with Crippen LogP contribution in [0.1, 0.15) is 59.5 Å². The van der Waals surface area contributed by atoms with Crippen molar-refractivity contribution < 1.29 is 19.8 Å². The Morgan fingerprint density at radius 2 is 1.28 bits per heavy atom. The third-order valence-electron chi connectivity index (χ3n) is 3.92. The average molecular weight is 340 g/mol. The Balaban J connectivity index is 2.18. The highest BCUT2D eigenvalue weighted by molar-refractivity contribution is 6.02. The van der Waals surface area contributed by atoms with Gasteiger partial charge in [-0.2, -0.15) is 0 Å². The Bertz CT molecular complexity index is 775. The summed E-state index contributed by atoms with van der Waals surface area (Å²) < 4.78 is 0. The Kier molecular flexibility index (Phi) is 5.26. The van der Waals surface area contributed by atoms with Crippen LogP contribution in [0.15, 0.2) is 48.5 Å². The predicted molar refractivity (Wildman–Crippen MR) is 96.9 cm³/mol. The van der Waals surface area contributed by atoms with Gasteiger partial charge in [0.15, 0.2) is 11.6 Å². The zero-order valence-corrected chi connectivity index (χ0v) is 15.0. The van der Waals surface area contributed by atoms with Gasteiger partial charge in [0.25, 0.3) is 0 Å². The van der Waals surface area contributed by atoms with Crippen molar-refractivity contribution in [2.75, 3.05) is 0 Å². The molecule has 0 spiro atoms. The molecule has 0 saturated carbocycles. The summed E-state index contributed by atoms with van der Waals surface area (Å²) in [5, 5.41) is 19.7. The van der Waals surface area contributed by atoms with Crippen molar-refractivity contribution in [3.05, 3.63) is 70.8 Å². The van der Waals surface area contributed by atoms with E-state index in [4.69, 9.17) is 0 Å². The standard InChI is InChI=1S/C21H24O4/c1-20(2,24)18(22)16-10-8-14(9-11-16)12-15-6-5-7-17(13-15)19(23)21(3,4)25/h5-11,13,24-25H,12H2,1-4H3. The van der Waals surface area contributed by atoms with Crippen LogP contribution in [-0.4, -0.2) is 33.0 Å². The predicted octanol–water partition coefficient (Wildman–Crippen LogP) is 3.18. The Hall–Kier alpha value is -2.30. The summed E-state index contributed by atoms with van der Waals surface area (Å²) in [6.07, 6.45) is 0.601. The molecule has 0 amide bonds. The van der Waals surface area contributed by atoms with Crippen LogP contribution in [0.5, 0.6) is 0 Å². The van der Waals surface area contributed by atoms with Gasteiger partial charge >= 0.3 is 0 Å². The van der Waals surface area contributed by atoms with Crippen molar-refractivity contribution in [3.63, 3.8) is 0 Å². The van der Waals surface area contributed by atoms with Gasteiger partial charge in [-0.25, -0.2) is 0 Å². The van der Waals surface area contributed by atoms with Crippen molar-refractivity contribution in [2.45, 2.75) is 45.3 Å². The molecule has 0 fully saturated rings. The first-order chi connectivity index (χ1) is 11.5. The van der Waals surface area contributed by atoms with Crippen LogP contribution >= 0.6 is 0 Å². The largest absolute Gasteiger partial charge is 0.382 e. The minimum Gasteiger partial charge on any atom is -0.382 e. The Morgan fingerprint density at radius 3 is 1.80 bits per heavy atom. The van der Waals surface area contributed by atoms with E-state index in [-0.39, 0.29) is 11.6 Å². The maximum atomic E-state index is 12.2. The topological polar surface area (TPSA) is 74.6 Å². The fraction of sp³-hybridized carbons (Fsp3) is 0.333. The molecule has 4 nitrogen and oxygen atoms in total. The van der Waals surface area contributed by atoms with Crippen molar-refractivity contribution in [2.24, 2.45) is 0 Å². The van der Waals surface area contributed by atoms with Gasteiger partial charge < -0.3 is 10.2 Å². The van der Waals surface area contributed by atoms with Crippen molar-refractivity contribution in [1.29, 1.82) is 0 Å². The molecule has 2 N–H and O–H groups in total. The van der Waals surface area contributed by atoms with Gasteiger partial charge in [-0.15, -0.1) is 0 Å². The summed E-state index contributed by atoms with van der Waals surface area (Å²) in [6, 6.07) is 14.2. The van der Waals surface area contributed by atoms with E-state index in [1.165, 1.54) is 27.7 Å². The van der Waals surface area contributed by atoms with E-state index in [2.05, 4.69) is 0 Å². The molecule has 4 heteroatoms. The Morgan fingerprint density at radius 1 is 0.760 bits per heavy atom. The fourth-order valence-electron chi connectivity index (χ4n) is 2.54. The molecule has 2 rings (SSSR count). The molecule has 132 valence electrons. The van der Waals surface area contributed by atoms with Crippen LogP contribution in [0.2, 0.25) is 0 Å². The number of ketones is 2. The SMILES string of the molecule is CC(C)(O)C(=O)c1ccc(Cc2cccc(C(=O)C(C)(C)O)c2)cc1. The minimum absolute atomic E-state index is 0.319. The van der Waals surface area contributed by atoms with E-state index in [9.17, 15) is 19.8 Å². The number of carbonyl (C=O) groups is 2. The van der Waals surface area contributed by atoms with Crippen LogP contribution in [0.4, 0.5) is 0 Å². The molecule has 0 aromatic heterocycles. The first kappa shape index (κ1) is 19.0. The van der Waals surface area contributed by atoms with Gasteiger partial charge in [0, 0.05) is 11.1 Å². The van der Waals surface area contributed by atoms with Crippen molar-refractivity contribution in [1.82, 2.24) is 0 Å². The molecule has 0 atom stereocenters. The number of rotatable bonds is 6. The second kappa shape index (κ2) is 6.90. The summed E-state index contributed by atoms with van der Waals surface area (Å²) in [4.78, 5) is 24.2. The number of carbonyl (C=O) groups excluding carboxylic acids is 2. The number of aliphatic hydroxyl groups is 2. The average Bonchev–Trinajstić information content (AvgIpc) is 2.53. The quantitative estimate of drug-likeness (QED) is 0.792. The van der Waals surface area contributed by atoms with Crippen LogP contribution in [0, 0.1) is 0 Å². The molecular formula is C21H24O4. The molecule has 0 unspecified atom stereocenters. The first-order valence-corrected chi connectivity index (χ1v) is 8.21. The summed E-state index contributed by atoms with van der Waals surface area (Å²) in [6.45, 7) is 5.88. The van der Waals surface area contributed by atoms with Crippen LogP contribution in [0.3, 0.4) is 0 Å². The molecule has 0 aliphatic carbocycles. The van der Waals surface area contributed by atoms with E-state index >= 15 is 0 Å². The second-order valence-corrected chi connectivity index (χ2v) is 7.35. The molecular weight excluding hydrogens is 316 g/mol. The molecule has 0 saturated heterocycles. The lowest BCUT2D eigenvalue weighted by molar-refractivity contribution is 0.0487. The van der Waals surface area contributed by atoms with E-state index in [0.717, 1.165) is 11.1 Å². The molecule has 0 bridgehead atoms. The maximum absolute atomic E-state index is 12.2. The normalized spacial score (nSPS) is 12.1. The molecule has 0 aliphatic heterocycles. The van der Waals surface area contributed by atoms with E-state index in [1.807, 2.05) is 18.2 Å². The summed E-state index contributed by atoms with van der Waals surface area (Å²) in [5.41, 5.74) is 0.0586. The smallest absolute Gasteiger partial charge is 0.193 e. The lowest BCUT2D eigenvalue weighted by atomic mass is 9.93. The zero-order valence-electron chi connectivity index (χ0n) is 15.0. The highest BCUT2D eigenvalue weighted by Gasteiger charge is 2.26. The zero-order chi connectivity index (χ0) is 18.8. The minimum atomic E-state index is -1.41. The monoisotopic (exact) mass is 340 g/mol. The summed E-state index contributed by atoms with van der Waals surface area (Å²) in [5.74, 6) is -0.641. The maximum Gasteiger partial charge on any atom is 0.193 e. The number of hydrogen-bond acceptors (Lipinski definition) is 4. The summed E-state index contributed by atoms with van der Waals surface area (Å²) in [7, 11) is 0. The van der Waals surface area contributed by atoms with E-state index in [1.54, 1.807) is 30.3 Å². The van der Waals surface area contributed by atoms with Gasteiger partial charge in [0.1, 0.15) is 11.2 Å². The van der Waals surface area contributed by atoms with Gasteiger partial charge in [-0.05, 0) is 51.3 Å². The lowest BCUT2D eigenvalue weighted by Gasteiger charge is -2.16. The molecule has 2 aromatic rings. The van der Waals surface area contributed by atoms with E-state index in [0.29, 0.717) is 17.5 Å². The van der Waals surface area contributed by atoms with Crippen LogP contribution in [-0.2, 0) is 6.42 Å². The molecule has 0 radical (unpaired) electrons. The Labute approximate surface area is 148 Å². The van der Waals surface area contributed by atoms with Gasteiger partial charge in [-0.1, -0.05) is 42.5 Å².